The summed E-state index contributed by atoms with van der Waals surface area (Å²) in [5.41, 5.74) is 3.70. The van der Waals surface area contributed by atoms with Crippen molar-refractivity contribution in [1.29, 1.82) is 0 Å². The van der Waals surface area contributed by atoms with Gasteiger partial charge in [0.05, 0.1) is 6.54 Å². The third kappa shape index (κ3) is 3.72. The maximum Gasteiger partial charge on any atom is 0.191 e. The first kappa shape index (κ1) is 13.4. The van der Waals surface area contributed by atoms with Crippen LogP contribution < -0.4 is 10.6 Å². The maximum atomic E-state index is 4.35. The second-order valence-electron chi connectivity index (χ2n) is 4.95. The summed E-state index contributed by atoms with van der Waals surface area (Å²) < 4.78 is 0. The molecular weight excluding hydrogens is 258 g/mol. The van der Waals surface area contributed by atoms with E-state index in [9.17, 15) is 0 Å². The predicted molar refractivity (Wildman–Crippen MR) is 89.0 cm³/mol. The molecule has 1 aliphatic rings. The van der Waals surface area contributed by atoms with Crippen molar-refractivity contribution in [1.82, 2.24) is 10.6 Å². The summed E-state index contributed by atoms with van der Waals surface area (Å²) in [5.74, 6) is 0.900. The first-order valence-electron chi connectivity index (χ1n) is 7.25. The lowest BCUT2D eigenvalue weighted by atomic mass is 10.1. The molecule has 106 valence electrons. The molecule has 0 aromatic heterocycles. The maximum absolute atomic E-state index is 4.35. The van der Waals surface area contributed by atoms with Crippen LogP contribution in [0.1, 0.15) is 16.7 Å². The Labute approximate surface area is 125 Å². The Hall–Kier alpha value is -2.55. The minimum absolute atomic E-state index is 0.779. The van der Waals surface area contributed by atoms with Crippen molar-refractivity contribution in [3.63, 3.8) is 0 Å². The van der Waals surface area contributed by atoms with Crippen LogP contribution in [0.3, 0.4) is 0 Å². The van der Waals surface area contributed by atoms with Crippen molar-refractivity contribution in [2.45, 2.75) is 6.54 Å². The first-order valence-corrected chi connectivity index (χ1v) is 7.25. The summed E-state index contributed by atoms with van der Waals surface area (Å²) in [6, 6.07) is 18.8. The molecule has 0 fully saturated rings. The minimum atomic E-state index is 0.779. The van der Waals surface area contributed by atoms with Gasteiger partial charge in [-0.3, -0.25) is 4.99 Å². The van der Waals surface area contributed by atoms with Crippen molar-refractivity contribution >= 4 is 18.1 Å². The molecule has 2 aromatic carbocycles. The topological polar surface area (TPSA) is 36.4 Å². The summed E-state index contributed by atoms with van der Waals surface area (Å²) in [6.45, 7) is 2.57. The number of rotatable bonds is 4. The lowest BCUT2D eigenvalue weighted by molar-refractivity contribution is 0.866. The highest BCUT2D eigenvalue weighted by Crippen LogP contribution is 2.13. The zero-order valence-electron chi connectivity index (χ0n) is 11.9. The quantitative estimate of drug-likeness (QED) is 0.843. The molecule has 0 aliphatic carbocycles. The number of benzene rings is 2. The smallest absolute Gasteiger partial charge is 0.191 e. The van der Waals surface area contributed by atoms with Crippen LogP contribution in [0.25, 0.3) is 12.2 Å². The van der Waals surface area contributed by atoms with Gasteiger partial charge < -0.3 is 10.6 Å². The van der Waals surface area contributed by atoms with Gasteiger partial charge in [-0.25, -0.2) is 0 Å². The molecule has 0 saturated carbocycles. The van der Waals surface area contributed by atoms with Gasteiger partial charge in [-0.1, -0.05) is 66.7 Å². The number of nitrogens with zero attached hydrogens (tertiary/aromatic N) is 1. The van der Waals surface area contributed by atoms with Gasteiger partial charge in [-0.05, 0) is 16.7 Å². The van der Waals surface area contributed by atoms with Gasteiger partial charge in [-0.15, -0.1) is 0 Å². The van der Waals surface area contributed by atoms with Gasteiger partial charge in [0.25, 0.3) is 0 Å². The molecular formula is C18H19N3. The fourth-order valence-corrected chi connectivity index (χ4v) is 2.30. The van der Waals surface area contributed by atoms with Crippen LogP contribution >= 0.6 is 0 Å². The molecule has 2 N–H and O–H groups in total. The van der Waals surface area contributed by atoms with Gasteiger partial charge in [-0.2, -0.15) is 0 Å². The van der Waals surface area contributed by atoms with Gasteiger partial charge >= 0.3 is 0 Å². The summed E-state index contributed by atoms with van der Waals surface area (Å²) in [6.07, 6.45) is 4.31. The van der Waals surface area contributed by atoms with Gasteiger partial charge in [0.1, 0.15) is 0 Å². The Balaban J connectivity index is 1.71. The fourth-order valence-electron chi connectivity index (χ4n) is 2.30. The fraction of sp³-hybridized carbons (Fsp3) is 0.167. The molecule has 21 heavy (non-hydrogen) atoms. The van der Waals surface area contributed by atoms with Crippen LogP contribution in [0.15, 0.2) is 59.6 Å². The van der Waals surface area contributed by atoms with Crippen LogP contribution in [0.2, 0.25) is 0 Å². The van der Waals surface area contributed by atoms with Crippen molar-refractivity contribution in [3.8, 4) is 0 Å². The Morgan fingerprint density at radius 2 is 1.81 bits per heavy atom. The zero-order chi connectivity index (χ0) is 14.3. The monoisotopic (exact) mass is 277 g/mol. The van der Waals surface area contributed by atoms with E-state index in [2.05, 4.69) is 76.3 Å². The Bertz CT molecular complexity index is 645. The number of hydrogen-bond donors (Lipinski definition) is 2. The largest absolute Gasteiger partial charge is 0.355 e. The SMILES string of the molecule is C(=C/c1ccccc1CNC1=NCCN1)/c1ccccc1. The number of nitrogens with one attached hydrogen (secondary N) is 2. The Morgan fingerprint density at radius 3 is 2.62 bits per heavy atom. The minimum Gasteiger partial charge on any atom is -0.355 e. The van der Waals surface area contributed by atoms with Crippen molar-refractivity contribution < 1.29 is 0 Å². The third-order valence-electron chi connectivity index (χ3n) is 3.43. The summed E-state index contributed by atoms with van der Waals surface area (Å²) in [5, 5.41) is 6.57. The van der Waals surface area contributed by atoms with Crippen LogP contribution in [0, 0.1) is 0 Å². The highest BCUT2D eigenvalue weighted by Gasteiger charge is 2.05. The van der Waals surface area contributed by atoms with Crippen LogP contribution in [0.5, 0.6) is 0 Å². The van der Waals surface area contributed by atoms with Crippen LogP contribution in [0.4, 0.5) is 0 Å². The summed E-state index contributed by atoms with van der Waals surface area (Å²) in [4.78, 5) is 4.35. The van der Waals surface area contributed by atoms with Gasteiger partial charge in [0, 0.05) is 13.1 Å². The van der Waals surface area contributed by atoms with E-state index in [1.165, 1.54) is 16.7 Å². The lowest BCUT2D eigenvalue weighted by Gasteiger charge is -2.09. The number of guanidine groups is 1. The number of aliphatic imine (C=N–C) groups is 1. The van der Waals surface area contributed by atoms with Crippen LogP contribution in [-0.4, -0.2) is 19.0 Å². The predicted octanol–water partition coefficient (Wildman–Crippen LogP) is 2.91. The zero-order valence-corrected chi connectivity index (χ0v) is 11.9. The van der Waals surface area contributed by atoms with Crippen LogP contribution in [-0.2, 0) is 6.54 Å². The Morgan fingerprint density at radius 1 is 1.00 bits per heavy atom. The normalized spacial score (nSPS) is 14.0. The van der Waals surface area contributed by atoms with E-state index in [4.69, 9.17) is 0 Å². The van der Waals surface area contributed by atoms with E-state index in [0.717, 1.165) is 25.6 Å². The van der Waals surface area contributed by atoms with Gasteiger partial charge in [0.15, 0.2) is 5.96 Å². The standard InChI is InChI=1S/C18H19N3/c1-2-6-15(7-3-1)10-11-16-8-4-5-9-17(16)14-21-18-19-12-13-20-18/h1-11H,12-14H2,(H2,19,20,21)/b11-10-. The molecule has 1 aliphatic heterocycles. The lowest BCUT2D eigenvalue weighted by Crippen LogP contribution is -2.33. The summed E-state index contributed by atoms with van der Waals surface area (Å²) >= 11 is 0. The van der Waals surface area contributed by atoms with E-state index in [0.29, 0.717) is 0 Å². The average molecular weight is 277 g/mol. The molecule has 2 aromatic rings. The third-order valence-corrected chi connectivity index (χ3v) is 3.43. The Kier molecular flexibility index (Phi) is 4.32. The molecule has 0 amide bonds. The highest BCUT2D eigenvalue weighted by atomic mass is 15.2. The van der Waals surface area contributed by atoms with Crippen molar-refractivity contribution in [3.05, 3.63) is 71.3 Å². The highest BCUT2D eigenvalue weighted by molar-refractivity contribution is 5.81. The van der Waals surface area contributed by atoms with Crippen molar-refractivity contribution in [2.75, 3.05) is 13.1 Å². The van der Waals surface area contributed by atoms with Crippen molar-refractivity contribution in [2.24, 2.45) is 4.99 Å². The molecule has 3 heteroatoms. The molecule has 0 spiro atoms. The van der Waals surface area contributed by atoms with E-state index < -0.39 is 0 Å². The number of hydrogen-bond acceptors (Lipinski definition) is 3. The van der Waals surface area contributed by atoms with E-state index >= 15 is 0 Å². The molecule has 0 radical (unpaired) electrons. The van der Waals surface area contributed by atoms with E-state index in [1.54, 1.807) is 0 Å². The van der Waals surface area contributed by atoms with Gasteiger partial charge in [0.2, 0.25) is 0 Å². The molecule has 0 atom stereocenters. The molecule has 0 bridgehead atoms. The molecule has 0 unspecified atom stereocenters. The molecule has 3 nitrogen and oxygen atoms in total. The molecule has 0 saturated heterocycles. The molecule has 1 heterocycles. The summed E-state index contributed by atoms with van der Waals surface area (Å²) in [7, 11) is 0. The average Bonchev–Trinajstić information content (AvgIpc) is 3.06. The molecule has 3 rings (SSSR count). The van der Waals surface area contributed by atoms with E-state index in [1.807, 2.05) is 6.07 Å². The first-order chi connectivity index (χ1) is 10.4. The second kappa shape index (κ2) is 6.75. The second-order valence-corrected chi connectivity index (χ2v) is 4.95. The van der Waals surface area contributed by atoms with E-state index in [-0.39, 0.29) is 0 Å².